The third-order valence-corrected chi connectivity index (χ3v) is 2.71. The molecule has 19 heavy (non-hydrogen) atoms. The molecule has 2 aromatic carbocycles. The van der Waals surface area contributed by atoms with E-state index >= 15 is 0 Å². The Kier molecular flexibility index (Phi) is 3.95. The van der Waals surface area contributed by atoms with E-state index in [1.807, 2.05) is 0 Å². The highest BCUT2D eigenvalue weighted by atomic mass is 35.5. The molecule has 0 atom stereocenters. The summed E-state index contributed by atoms with van der Waals surface area (Å²) in [5.74, 6) is -3.74. The SMILES string of the molecule is Fc1cc(F)c(NCc2cc(Cl)ccc2F)c(F)c1. The fraction of sp³-hybridized carbons (Fsp3) is 0.0769. The molecule has 1 N–H and O–H groups in total. The lowest BCUT2D eigenvalue weighted by Gasteiger charge is -2.10. The van der Waals surface area contributed by atoms with Gasteiger partial charge < -0.3 is 5.32 Å². The van der Waals surface area contributed by atoms with Gasteiger partial charge >= 0.3 is 0 Å². The molecule has 0 amide bonds. The van der Waals surface area contributed by atoms with Gasteiger partial charge in [0.2, 0.25) is 0 Å². The zero-order valence-corrected chi connectivity index (χ0v) is 10.2. The second-order valence-corrected chi connectivity index (χ2v) is 4.27. The largest absolute Gasteiger partial charge is 0.376 e. The summed E-state index contributed by atoms with van der Waals surface area (Å²) in [6.07, 6.45) is 0. The standard InChI is InChI=1S/C13H8ClF4N/c14-8-1-2-10(16)7(3-8)6-19-13-11(17)4-9(15)5-12(13)18/h1-5,19H,6H2. The Hall–Kier alpha value is -1.75. The Labute approximate surface area is 111 Å². The fourth-order valence-electron chi connectivity index (χ4n) is 1.57. The number of benzene rings is 2. The zero-order valence-electron chi connectivity index (χ0n) is 9.48. The summed E-state index contributed by atoms with van der Waals surface area (Å²) in [6.45, 7) is -0.175. The van der Waals surface area contributed by atoms with Crippen LogP contribution in [-0.2, 0) is 6.54 Å². The minimum atomic E-state index is -1.08. The summed E-state index contributed by atoms with van der Waals surface area (Å²) < 4.78 is 52.8. The van der Waals surface area contributed by atoms with Gasteiger partial charge in [-0.3, -0.25) is 0 Å². The van der Waals surface area contributed by atoms with E-state index < -0.39 is 29.0 Å². The third kappa shape index (κ3) is 3.17. The van der Waals surface area contributed by atoms with Crippen molar-refractivity contribution in [2.45, 2.75) is 6.54 Å². The van der Waals surface area contributed by atoms with E-state index in [2.05, 4.69) is 5.32 Å². The van der Waals surface area contributed by atoms with Gasteiger partial charge in [0.25, 0.3) is 0 Å². The minimum absolute atomic E-state index is 0.149. The molecule has 2 aromatic rings. The molecular formula is C13H8ClF4N. The van der Waals surface area contributed by atoms with Crippen molar-refractivity contribution in [1.82, 2.24) is 0 Å². The van der Waals surface area contributed by atoms with Gasteiger partial charge in [-0.25, -0.2) is 17.6 Å². The fourth-order valence-corrected chi connectivity index (χ4v) is 1.77. The van der Waals surface area contributed by atoms with Gasteiger partial charge in [-0.15, -0.1) is 0 Å². The van der Waals surface area contributed by atoms with Crippen LogP contribution in [0, 0.1) is 23.3 Å². The number of halogens is 5. The zero-order chi connectivity index (χ0) is 14.0. The molecule has 0 aliphatic heterocycles. The highest BCUT2D eigenvalue weighted by molar-refractivity contribution is 6.30. The summed E-state index contributed by atoms with van der Waals surface area (Å²) in [5, 5.41) is 2.68. The Balaban J connectivity index is 2.21. The van der Waals surface area contributed by atoms with Gasteiger partial charge in [-0.2, -0.15) is 0 Å². The average Bonchev–Trinajstić information content (AvgIpc) is 2.32. The smallest absolute Gasteiger partial charge is 0.152 e. The molecule has 0 aromatic heterocycles. The van der Waals surface area contributed by atoms with Crippen LogP contribution in [0.15, 0.2) is 30.3 Å². The maximum atomic E-state index is 13.4. The van der Waals surface area contributed by atoms with Crippen molar-refractivity contribution in [2.24, 2.45) is 0 Å². The van der Waals surface area contributed by atoms with Crippen LogP contribution in [0.5, 0.6) is 0 Å². The Morgan fingerprint density at radius 2 is 1.53 bits per heavy atom. The van der Waals surface area contributed by atoms with Crippen LogP contribution in [-0.4, -0.2) is 0 Å². The average molecular weight is 290 g/mol. The maximum Gasteiger partial charge on any atom is 0.152 e. The van der Waals surface area contributed by atoms with Gasteiger partial charge in [0.15, 0.2) is 11.6 Å². The van der Waals surface area contributed by atoms with E-state index in [0.717, 1.165) is 6.07 Å². The van der Waals surface area contributed by atoms with E-state index in [0.29, 0.717) is 17.2 Å². The Morgan fingerprint density at radius 3 is 2.16 bits per heavy atom. The van der Waals surface area contributed by atoms with Crippen LogP contribution < -0.4 is 5.32 Å². The number of nitrogens with one attached hydrogen (secondary N) is 1. The first-order chi connectivity index (χ1) is 8.97. The van der Waals surface area contributed by atoms with Crippen molar-refractivity contribution in [3.05, 3.63) is 64.2 Å². The predicted octanol–water partition coefficient (Wildman–Crippen LogP) is 4.51. The molecule has 0 saturated heterocycles. The first-order valence-electron chi connectivity index (χ1n) is 5.29. The first kappa shape index (κ1) is 13.7. The third-order valence-electron chi connectivity index (χ3n) is 2.47. The molecule has 0 saturated carbocycles. The summed E-state index contributed by atoms with van der Waals surface area (Å²) >= 11 is 5.69. The quantitative estimate of drug-likeness (QED) is 0.820. The van der Waals surface area contributed by atoms with Crippen molar-refractivity contribution < 1.29 is 17.6 Å². The second-order valence-electron chi connectivity index (χ2n) is 3.83. The lowest BCUT2D eigenvalue weighted by Crippen LogP contribution is -2.06. The van der Waals surface area contributed by atoms with E-state index in [1.54, 1.807) is 0 Å². The van der Waals surface area contributed by atoms with Crippen molar-refractivity contribution in [1.29, 1.82) is 0 Å². The van der Waals surface area contributed by atoms with E-state index in [-0.39, 0.29) is 12.1 Å². The number of hydrogen-bond acceptors (Lipinski definition) is 1. The molecule has 0 spiro atoms. The summed E-state index contributed by atoms with van der Waals surface area (Å²) in [5.41, 5.74) is -0.364. The minimum Gasteiger partial charge on any atom is -0.376 e. The van der Waals surface area contributed by atoms with Crippen LogP contribution >= 0.6 is 11.6 Å². The first-order valence-corrected chi connectivity index (χ1v) is 5.67. The number of anilines is 1. The van der Waals surface area contributed by atoms with Crippen molar-refractivity contribution in [2.75, 3.05) is 5.32 Å². The number of rotatable bonds is 3. The van der Waals surface area contributed by atoms with E-state index in [4.69, 9.17) is 11.6 Å². The highest BCUT2D eigenvalue weighted by Crippen LogP contribution is 2.22. The van der Waals surface area contributed by atoms with Gasteiger partial charge in [0.1, 0.15) is 17.3 Å². The van der Waals surface area contributed by atoms with Crippen LogP contribution in [0.3, 0.4) is 0 Å². The monoisotopic (exact) mass is 289 g/mol. The van der Waals surface area contributed by atoms with E-state index in [1.165, 1.54) is 12.1 Å². The highest BCUT2D eigenvalue weighted by Gasteiger charge is 2.12. The van der Waals surface area contributed by atoms with Gasteiger partial charge in [0.05, 0.1) is 0 Å². The summed E-state index contributed by atoms with van der Waals surface area (Å²) in [6, 6.07) is 4.93. The van der Waals surface area contributed by atoms with Crippen LogP contribution in [0.25, 0.3) is 0 Å². The number of hydrogen-bond donors (Lipinski definition) is 1. The summed E-state index contributed by atoms with van der Waals surface area (Å²) in [7, 11) is 0. The second kappa shape index (κ2) is 5.48. The molecule has 0 bridgehead atoms. The Morgan fingerprint density at radius 1 is 0.895 bits per heavy atom. The van der Waals surface area contributed by atoms with E-state index in [9.17, 15) is 17.6 Å². The normalized spacial score (nSPS) is 10.6. The molecule has 100 valence electrons. The molecule has 0 unspecified atom stereocenters. The van der Waals surface area contributed by atoms with Crippen molar-refractivity contribution >= 4 is 17.3 Å². The molecule has 0 aliphatic rings. The van der Waals surface area contributed by atoms with Crippen LogP contribution in [0.4, 0.5) is 23.2 Å². The molecule has 1 nitrogen and oxygen atoms in total. The lowest BCUT2D eigenvalue weighted by atomic mass is 10.2. The van der Waals surface area contributed by atoms with Crippen LogP contribution in [0.2, 0.25) is 5.02 Å². The van der Waals surface area contributed by atoms with Gasteiger partial charge in [0, 0.05) is 29.3 Å². The molecule has 6 heteroatoms. The molecule has 0 aliphatic carbocycles. The van der Waals surface area contributed by atoms with Gasteiger partial charge in [-0.05, 0) is 18.2 Å². The van der Waals surface area contributed by atoms with Crippen LogP contribution in [0.1, 0.15) is 5.56 Å². The Bertz CT molecular complexity index is 593. The van der Waals surface area contributed by atoms with Crippen molar-refractivity contribution in [3.8, 4) is 0 Å². The molecule has 0 fully saturated rings. The maximum absolute atomic E-state index is 13.4. The summed E-state index contributed by atoms with van der Waals surface area (Å²) in [4.78, 5) is 0. The predicted molar refractivity (Wildman–Crippen MR) is 65.1 cm³/mol. The lowest BCUT2D eigenvalue weighted by molar-refractivity contribution is 0.546. The van der Waals surface area contributed by atoms with Crippen molar-refractivity contribution in [3.63, 3.8) is 0 Å². The molecule has 0 heterocycles. The van der Waals surface area contributed by atoms with Gasteiger partial charge in [-0.1, -0.05) is 11.6 Å². The topological polar surface area (TPSA) is 12.0 Å². The molecule has 2 rings (SSSR count). The molecule has 0 radical (unpaired) electrons. The molecular weight excluding hydrogens is 282 g/mol.